The molecule has 3 N–H and O–H groups in total. The Kier molecular flexibility index (Phi) is 4.60. The molecule has 0 saturated carbocycles. The van der Waals surface area contributed by atoms with E-state index < -0.39 is 5.54 Å². The summed E-state index contributed by atoms with van der Waals surface area (Å²) in [5.74, 6) is 0. The van der Waals surface area contributed by atoms with E-state index in [1.54, 1.807) is 0 Å². The summed E-state index contributed by atoms with van der Waals surface area (Å²) in [4.78, 5) is 15.2. The number of nitrogens with one attached hydrogen (secondary N) is 2. The van der Waals surface area contributed by atoms with Crippen molar-refractivity contribution in [2.24, 2.45) is 0 Å². The van der Waals surface area contributed by atoms with Crippen LogP contribution in [0, 0.1) is 11.3 Å². The molecule has 3 heterocycles. The van der Waals surface area contributed by atoms with Gasteiger partial charge in [0.15, 0.2) is 0 Å². The van der Waals surface area contributed by atoms with Crippen LogP contribution in [-0.2, 0) is 5.54 Å². The average molecular weight is 354 g/mol. The highest BCUT2D eigenvalue weighted by Gasteiger charge is 2.45. The summed E-state index contributed by atoms with van der Waals surface area (Å²) in [6, 6.07) is 9.99. The molecular formula is C20H26N4O2. The fraction of sp³-hybridized carbons (Fsp3) is 0.600. The summed E-state index contributed by atoms with van der Waals surface area (Å²) in [5, 5.41) is 25.8. The second-order valence-electron chi connectivity index (χ2n) is 7.90. The van der Waals surface area contributed by atoms with Crippen molar-refractivity contribution in [3.63, 3.8) is 0 Å². The third kappa shape index (κ3) is 3.06. The van der Waals surface area contributed by atoms with Crippen molar-refractivity contribution in [1.82, 2.24) is 15.5 Å². The molecule has 0 spiro atoms. The summed E-state index contributed by atoms with van der Waals surface area (Å²) in [6.45, 7) is 1.64. The molecule has 26 heavy (non-hydrogen) atoms. The van der Waals surface area contributed by atoms with Crippen molar-refractivity contribution >= 4 is 6.03 Å². The molecule has 3 fully saturated rings. The van der Waals surface area contributed by atoms with Crippen LogP contribution in [0.25, 0.3) is 0 Å². The van der Waals surface area contributed by atoms with Gasteiger partial charge in [-0.05, 0) is 62.8 Å². The summed E-state index contributed by atoms with van der Waals surface area (Å²) < 4.78 is 0. The van der Waals surface area contributed by atoms with Crippen molar-refractivity contribution in [1.29, 1.82) is 5.26 Å². The molecule has 6 heteroatoms. The monoisotopic (exact) mass is 354 g/mol. The first-order valence-corrected chi connectivity index (χ1v) is 9.61. The van der Waals surface area contributed by atoms with Gasteiger partial charge in [-0.2, -0.15) is 5.26 Å². The maximum Gasteiger partial charge on any atom is 0.318 e. The number of carbonyl (C=O) groups excluding carboxylic acids is 1. The number of urea groups is 1. The van der Waals surface area contributed by atoms with E-state index in [9.17, 15) is 9.90 Å². The van der Waals surface area contributed by atoms with Gasteiger partial charge in [-0.1, -0.05) is 12.1 Å². The molecule has 3 aliphatic heterocycles. The molecule has 0 radical (unpaired) electrons. The van der Waals surface area contributed by atoms with Crippen LogP contribution in [0.5, 0.6) is 0 Å². The lowest BCUT2D eigenvalue weighted by atomic mass is 9.82. The highest BCUT2D eigenvalue weighted by Crippen LogP contribution is 2.37. The van der Waals surface area contributed by atoms with Gasteiger partial charge in [-0.15, -0.1) is 0 Å². The van der Waals surface area contributed by atoms with Crippen LogP contribution in [0.4, 0.5) is 4.79 Å². The van der Waals surface area contributed by atoms with Crippen LogP contribution in [0.1, 0.15) is 49.7 Å². The minimum absolute atomic E-state index is 0.0162. The van der Waals surface area contributed by atoms with Crippen molar-refractivity contribution in [3.8, 4) is 6.07 Å². The summed E-state index contributed by atoms with van der Waals surface area (Å²) in [7, 11) is 0. The molecule has 138 valence electrons. The Bertz CT molecular complexity index is 692. The van der Waals surface area contributed by atoms with E-state index in [1.807, 2.05) is 29.2 Å². The second kappa shape index (κ2) is 6.90. The zero-order valence-corrected chi connectivity index (χ0v) is 14.9. The molecule has 3 aliphatic rings. The van der Waals surface area contributed by atoms with Crippen LogP contribution < -0.4 is 10.6 Å². The van der Waals surface area contributed by atoms with Gasteiger partial charge in [0.05, 0.1) is 23.3 Å². The van der Waals surface area contributed by atoms with Crippen LogP contribution in [0.15, 0.2) is 24.3 Å². The highest BCUT2D eigenvalue weighted by molar-refractivity contribution is 5.77. The van der Waals surface area contributed by atoms with Gasteiger partial charge in [0.25, 0.3) is 0 Å². The number of amides is 2. The predicted octanol–water partition coefficient (Wildman–Crippen LogP) is 1.83. The van der Waals surface area contributed by atoms with Gasteiger partial charge >= 0.3 is 6.03 Å². The van der Waals surface area contributed by atoms with Gasteiger partial charge in [0, 0.05) is 18.6 Å². The summed E-state index contributed by atoms with van der Waals surface area (Å²) >= 11 is 0. The van der Waals surface area contributed by atoms with E-state index in [0.717, 1.165) is 37.8 Å². The SMILES string of the molecule is N#Cc1ccc([C@@]2(NC(=O)N3C4CCC3CC(O)C4)CCCNC2)cc1. The van der Waals surface area contributed by atoms with E-state index in [-0.39, 0.29) is 24.2 Å². The number of aliphatic hydroxyl groups is 1. The lowest BCUT2D eigenvalue weighted by molar-refractivity contribution is 0.0506. The minimum atomic E-state index is -0.446. The Morgan fingerprint density at radius 2 is 1.96 bits per heavy atom. The van der Waals surface area contributed by atoms with Gasteiger partial charge in [-0.3, -0.25) is 0 Å². The highest BCUT2D eigenvalue weighted by atomic mass is 16.3. The molecule has 0 aliphatic carbocycles. The van der Waals surface area contributed by atoms with Crippen LogP contribution >= 0.6 is 0 Å². The van der Waals surface area contributed by atoms with Crippen LogP contribution in [-0.4, -0.2) is 47.3 Å². The molecule has 1 aromatic rings. The van der Waals surface area contributed by atoms with E-state index in [1.165, 1.54) is 0 Å². The zero-order chi connectivity index (χ0) is 18.1. The Labute approximate surface area is 154 Å². The maximum absolute atomic E-state index is 13.2. The maximum atomic E-state index is 13.2. The van der Waals surface area contributed by atoms with Gasteiger partial charge in [-0.25, -0.2) is 4.79 Å². The number of carbonyl (C=O) groups is 1. The number of piperidine rings is 2. The van der Waals surface area contributed by atoms with Gasteiger partial charge in [0.2, 0.25) is 0 Å². The first kappa shape index (κ1) is 17.3. The van der Waals surface area contributed by atoms with Crippen molar-refractivity contribution in [3.05, 3.63) is 35.4 Å². The fourth-order valence-electron chi connectivity index (χ4n) is 4.94. The standard InChI is InChI=1S/C20H26N4O2/c21-12-14-2-4-15(5-3-14)20(8-1-9-22-13-20)23-19(26)24-16-6-7-17(24)11-18(25)10-16/h2-5,16-18,22,25H,1,6-11,13H2,(H,23,26)/t16?,17?,18?,20-/m1/s1. The first-order valence-electron chi connectivity index (χ1n) is 9.61. The number of fused-ring (bicyclic) bond motifs is 2. The summed E-state index contributed by atoms with van der Waals surface area (Å²) in [6.07, 6.45) is 4.93. The third-order valence-corrected chi connectivity index (χ3v) is 6.24. The molecule has 2 amide bonds. The Hall–Kier alpha value is -2.10. The third-order valence-electron chi connectivity index (χ3n) is 6.24. The molecule has 1 aromatic carbocycles. The van der Waals surface area contributed by atoms with Crippen molar-refractivity contribution in [2.75, 3.05) is 13.1 Å². The van der Waals surface area contributed by atoms with Crippen molar-refractivity contribution < 1.29 is 9.90 Å². The molecular weight excluding hydrogens is 328 g/mol. The molecule has 3 saturated heterocycles. The molecule has 6 nitrogen and oxygen atoms in total. The van der Waals surface area contributed by atoms with Crippen molar-refractivity contribution in [2.45, 2.75) is 62.3 Å². The van der Waals surface area contributed by atoms with Gasteiger partial charge in [0.1, 0.15) is 0 Å². The molecule has 0 aromatic heterocycles. The van der Waals surface area contributed by atoms with E-state index in [0.29, 0.717) is 24.9 Å². The Morgan fingerprint density at radius 1 is 1.27 bits per heavy atom. The number of benzene rings is 1. The normalized spacial score (nSPS) is 33.5. The Balaban J connectivity index is 1.57. The van der Waals surface area contributed by atoms with E-state index >= 15 is 0 Å². The zero-order valence-electron chi connectivity index (χ0n) is 14.9. The Morgan fingerprint density at radius 3 is 2.54 bits per heavy atom. The molecule has 4 rings (SSSR count). The van der Waals surface area contributed by atoms with Crippen LogP contribution in [0.2, 0.25) is 0 Å². The quantitative estimate of drug-likeness (QED) is 0.756. The number of nitriles is 1. The fourth-order valence-corrected chi connectivity index (χ4v) is 4.94. The largest absolute Gasteiger partial charge is 0.393 e. The average Bonchev–Trinajstić information content (AvgIpc) is 2.94. The number of aliphatic hydroxyl groups excluding tert-OH is 1. The molecule has 2 bridgehead atoms. The number of hydrogen-bond acceptors (Lipinski definition) is 4. The number of rotatable bonds is 2. The predicted molar refractivity (Wildman–Crippen MR) is 97.4 cm³/mol. The van der Waals surface area contributed by atoms with Gasteiger partial charge < -0.3 is 20.6 Å². The molecule has 3 atom stereocenters. The lowest BCUT2D eigenvalue weighted by Crippen LogP contribution is -2.60. The smallest absolute Gasteiger partial charge is 0.318 e. The summed E-state index contributed by atoms with van der Waals surface area (Å²) in [5.41, 5.74) is 1.22. The van der Waals surface area contributed by atoms with Crippen LogP contribution in [0.3, 0.4) is 0 Å². The first-order chi connectivity index (χ1) is 12.6. The van der Waals surface area contributed by atoms with E-state index in [2.05, 4.69) is 16.7 Å². The van der Waals surface area contributed by atoms with E-state index in [4.69, 9.17) is 5.26 Å². The molecule has 2 unspecified atom stereocenters. The number of hydrogen-bond donors (Lipinski definition) is 3. The topological polar surface area (TPSA) is 88.4 Å². The second-order valence-corrected chi connectivity index (χ2v) is 7.90. The lowest BCUT2D eigenvalue weighted by Gasteiger charge is -2.43. The number of nitrogens with zero attached hydrogens (tertiary/aromatic N) is 2. The minimum Gasteiger partial charge on any atom is -0.393 e.